The van der Waals surface area contributed by atoms with Crippen molar-refractivity contribution in [3.63, 3.8) is 0 Å². The molecule has 6 nitrogen and oxygen atoms in total. The number of carbonyl (C=O) groups is 2. The Bertz CT molecular complexity index is 755. The minimum atomic E-state index is -0.530. The van der Waals surface area contributed by atoms with Crippen molar-refractivity contribution in [3.05, 3.63) is 57.5 Å². The predicted octanol–water partition coefficient (Wildman–Crippen LogP) is 2.95. The summed E-state index contributed by atoms with van der Waals surface area (Å²) in [5, 5.41) is 0.371. The fourth-order valence-electron chi connectivity index (χ4n) is 1.80. The highest BCUT2D eigenvalue weighted by Crippen LogP contribution is 2.27. The molecule has 0 saturated carbocycles. The van der Waals surface area contributed by atoms with Crippen molar-refractivity contribution in [3.8, 4) is 11.5 Å². The number of nitrogens with one attached hydrogen (secondary N) is 2. The van der Waals surface area contributed by atoms with E-state index in [-0.39, 0.29) is 6.61 Å². The van der Waals surface area contributed by atoms with Gasteiger partial charge in [-0.1, -0.05) is 39.7 Å². The van der Waals surface area contributed by atoms with E-state index in [0.29, 0.717) is 22.1 Å². The normalized spacial score (nSPS) is 9.96. The molecule has 0 spiro atoms. The van der Waals surface area contributed by atoms with E-state index in [2.05, 4.69) is 26.8 Å². The summed E-state index contributed by atoms with van der Waals surface area (Å²) >= 11 is 9.26. The lowest BCUT2D eigenvalue weighted by atomic mass is 10.2. The van der Waals surface area contributed by atoms with E-state index < -0.39 is 11.8 Å². The Morgan fingerprint density at radius 1 is 1.12 bits per heavy atom. The molecule has 0 aliphatic carbocycles. The highest BCUT2D eigenvalue weighted by atomic mass is 79.9. The summed E-state index contributed by atoms with van der Waals surface area (Å²) in [4.78, 5) is 23.8. The molecule has 0 aromatic heterocycles. The maximum Gasteiger partial charge on any atom is 0.276 e. The summed E-state index contributed by atoms with van der Waals surface area (Å²) in [5.74, 6) is -0.257. The van der Waals surface area contributed by atoms with Gasteiger partial charge in [0, 0.05) is 4.47 Å². The summed E-state index contributed by atoms with van der Waals surface area (Å²) in [6, 6.07) is 11.7. The molecule has 0 radical (unpaired) electrons. The van der Waals surface area contributed by atoms with Crippen molar-refractivity contribution in [2.24, 2.45) is 0 Å². The van der Waals surface area contributed by atoms with Gasteiger partial charge in [0.05, 0.1) is 17.7 Å². The molecular weight excluding hydrogens is 400 g/mol. The second kappa shape index (κ2) is 8.56. The predicted molar refractivity (Wildman–Crippen MR) is 93.2 cm³/mol. The second-order valence-corrected chi connectivity index (χ2v) is 5.89. The first kappa shape index (κ1) is 18.1. The van der Waals surface area contributed by atoms with Gasteiger partial charge in [-0.2, -0.15) is 0 Å². The molecule has 2 rings (SSSR count). The Morgan fingerprint density at radius 2 is 1.88 bits per heavy atom. The highest BCUT2D eigenvalue weighted by Gasteiger charge is 2.12. The van der Waals surface area contributed by atoms with E-state index in [0.717, 1.165) is 4.47 Å². The van der Waals surface area contributed by atoms with Gasteiger partial charge in [0.1, 0.15) is 11.5 Å². The van der Waals surface area contributed by atoms with Gasteiger partial charge < -0.3 is 9.47 Å². The number of rotatable bonds is 5. The smallest absolute Gasteiger partial charge is 0.276 e. The molecule has 126 valence electrons. The van der Waals surface area contributed by atoms with Crippen LogP contribution in [-0.4, -0.2) is 25.5 Å². The largest absolute Gasteiger partial charge is 0.496 e. The second-order valence-electron chi connectivity index (χ2n) is 4.57. The van der Waals surface area contributed by atoms with Crippen molar-refractivity contribution < 1.29 is 19.1 Å². The van der Waals surface area contributed by atoms with Crippen LogP contribution < -0.4 is 20.3 Å². The zero-order valence-electron chi connectivity index (χ0n) is 12.6. The molecule has 8 heteroatoms. The number of ether oxygens (including phenoxy) is 2. The molecule has 0 bridgehead atoms. The number of methoxy groups -OCH3 is 1. The molecule has 0 heterocycles. The van der Waals surface area contributed by atoms with Gasteiger partial charge in [0.25, 0.3) is 11.8 Å². The molecular formula is C16H14BrClN2O4. The first-order chi connectivity index (χ1) is 11.5. The van der Waals surface area contributed by atoms with Crippen LogP contribution in [0.1, 0.15) is 10.4 Å². The van der Waals surface area contributed by atoms with Crippen LogP contribution in [0, 0.1) is 0 Å². The van der Waals surface area contributed by atoms with Gasteiger partial charge in [-0.3, -0.25) is 20.4 Å². The van der Waals surface area contributed by atoms with Crippen LogP contribution in [0.2, 0.25) is 5.02 Å². The number of para-hydroxylation sites is 1. The van der Waals surface area contributed by atoms with Crippen molar-refractivity contribution in [1.29, 1.82) is 0 Å². The number of halogens is 2. The Kier molecular flexibility index (Phi) is 6.45. The summed E-state index contributed by atoms with van der Waals surface area (Å²) < 4.78 is 11.2. The van der Waals surface area contributed by atoms with E-state index in [1.165, 1.54) is 7.11 Å². The summed E-state index contributed by atoms with van der Waals surface area (Å²) in [5.41, 5.74) is 4.86. The molecule has 0 atom stereocenters. The van der Waals surface area contributed by atoms with Crippen LogP contribution in [0.4, 0.5) is 0 Å². The average Bonchev–Trinajstić information content (AvgIpc) is 2.58. The number of hydrogen-bond acceptors (Lipinski definition) is 4. The summed E-state index contributed by atoms with van der Waals surface area (Å²) in [6.45, 7) is -0.298. The standard InChI is InChI=1S/C16H14BrClN2O4/c1-23-13-5-3-2-4-11(13)16(22)20-19-15(21)9-24-14-7-6-10(17)8-12(14)18/h2-8H,9H2,1H3,(H,19,21)(H,20,22). The molecule has 2 aromatic rings. The molecule has 0 fully saturated rings. The van der Waals surface area contributed by atoms with Crippen LogP contribution in [0.25, 0.3) is 0 Å². The van der Waals surface area contributed by atoms with E-state index in [9.17, 15) is 9.59 Å². The Labute approximate surface area is 152 Å². The summed E-state index contributed by atoms with van der Waals surface area (Å²) in [6.07, 6.45) is 0. The van der Waals surface area contributed by atoms with Crippen LogP contribution in [0.15, 0.2) is 46.9 Å². The molecule has 0 saturated heterocycles. The molecule has 2 amide bonds. The number of benzene rings is 2. The minimum Gasteiger partial charge on any atom is -0.496 e. The van der Waals surface area contributed by atoms with Gasteiger partial charge in [-0.25, -0.2) is 0 Å². The molecule has 0 aliphatic heterocycles. The lowest BCUT2D eigenvalue weighted by Gasteiger charge is -2.11. The first-order valence-electron chi connectivity index (χ1n) is 6.81. The first-order valence-corrected chi connectivity index (χ1v) is 7.98. The number of amides is 2. The lowest BCUT2D eigenvalue weighted by Crippen LogP contribution is -2.43. The summed E-state index contributed by atoms with van der Waals surface area (Å²) in [7, 11) is 1.46. The van der Waals surface area contributed by atoms with E-state index in [1.54, 1.807) is 42.5 Å². The Morgan fingerprint density at radius 3 is 2.58 bits per heavy atom. The number of hydrazine groups is 1. The fraction of sp³-hybridized carbons (Fsp3) is 0.125. The lowest BCUT2D eigenvalue weighted by molar-refractivity contribution is -0.123. The fourth-order valence-corrected chi connectivity index (χ4v) is 2.53. The third kappa shape index (κ3) is 4.87. The molecule has 0 aliphatic rings. The third-order valence-electron chi connectivity index (χ3n) is 2.92. The SMILES string of the molecule is COc1ccccc1C(=O)NNC(=O)COc1ccc(Br)cc1Cl. The van der Waals surface area contributed by atoms with E-state index in [1.807, 2.05) is 0 Å². The van der Waals surface area contributed by atoms with Crippen molar-refractivity contribution in [1.82, 2.24) is 10.9 Å². The molecule has 0 unspecified atom stereocenters. The van der Waals surface area contributed by atoms with Gasteiger partial charge >= 0.3 is 0 Å². The van der Waals surface area contributed by atoms with E-state index >= 15 is 0 Å². The van der Waals surface area contributed by atoms with Crippen LogP contribution in [0.5, 0.6) is 11.5 Å². The van der Waals surface area contributed by atoms with Crippen molar-refractivity contribution >= 4 is 39.3 Å². The van der Waals surface area contributed by atoms with Crippen LogP contribution >= 0.6 is 27.5 Å². The zero-order chi connectivity index (χ0) is 17.5. The minimum absolute atomic E-state index is 0.298. The Balaban J connectivity index is 1.85. The third-order valence-corrected chi connectivity index (χ3v) is 3.71. The van der Waals surface area contributed by atoms with Crippen molar-refractivity contribution in [2.75, 3.05) is 13.7 Å². The van der Waals surface area contributed by atoms with Crippen LogP contribution in [-0.2, 0) is 4.79 Å². The van der Waals surface area contributed by atoms with Gasteiger partial charge in [0.2, 0.25) is 0 Å². The maximum atomic E-state index is 12.0. The monoisotopic (exact) mass is 412 g/mol. The van der Waals surface area contributed by atoms with Gasteiger partial charge in [-0.15, -0.1) is 0 Å². The van der Waals surface area contributed by atoms with E-state index in [4.69, 9.17) is 21.1 Å². The highest BCUT2D eigenvalue weighted by molar-refractivity contribution is 9.10. The molecule has 2 aromatic carbocycles. The van der Waals surface area contributed by atoms with Crippen molar-refractivity contribution in [2.45, 2.75) is 0 Å². The van der Waals surface area contributed by atoms with Crippen LogP contribution in [0.3, 0.4) is 0 Å². The van der Waals surface area contributed by atoms with Gasteiger partial charge in [0.15, 0.2) is 6.61 Å². The molecule has 24 heavy (non-hydrogen) atoms. The quantitative estimate of drug-likeness (QED) is 0.739. The average molecular weight is 414 g/mol. The molecule has 2 N–H and O–H groups in total. The zero-order valence-corrected chi connectivity index (χ0v) is 15.0. The van der Waals surface area contributed by atoms with Gasteiger partial charge in [-0.05, 0) is 30.3 Å². The Hall–Kier alpha value is -2.25. The topological polar surface area (TPSA) is 76.7 Å². The maximum absolute atomic E-state index is 12.0. The number of hydrogen-bond donors (Lipinski definition) is 2. The number of carbonyl (C=O) groups excluding carboxylic acids is 2.